The predicted octanol–water partition coefficient (Wildman–Crippen LogP) is -7.57. The minimum atomic E-state index is -1.92. The van der Waals surface area contributed by atoms with E-state index < -0.39 is 112 Å². The zero-order valence-electron chi connectivity index (χ0n) is 17.7. The number of ether oxygens (including phenoxy) is 5. The molecule has 3 saturated heterocycles. The molecule has 3 aliphatic heterocycles. The summed E-state index contributed by atoms with van der Waals surface area (Å²) in [5.41, 5.74) is 0. The fraction of sp³-hybridized carbons (Fsp3) is 1.00. The lowest BCUT2D eigenvalue weighted by Gasteiger charge is -2.47. The summed E-state index contributed by atoms with van der Waals surface area (Å²) in [4.78, 5) is 0. The van der Waals surface area contributed by atoms with Gasteiger partial charge in [-0.05, 0) is 0 Å². The summed E-state index contributed by atoms with van der Waals surface area (Å²) in [5.74, 6) is 0. The van der Waals surface area contributed by atoms with Gasteiger partial charge in [0.2, 0.25) is 0 Å². The topological polar surface area (TPSA) is 269 Å². The fourth-order valence-electron chi connectivity index (χ4n) is 4.04. The highest BCUT2D eigenvalue weighted by Gasteiger charge is 2.53. The van der Waals surface area contributed by atoms with Crippen LogP contribution in [0.4, 0.5) is 0 Å². The van der Waals surface area contributed by atoms with Crippen LogP contribution >= 0.6 is 0 Å². The van der Waals surface area contributed by atoms with E-state index >= 15 is 0 Å². The van der Waals surface area contributed by atoms with E-state index in [2.05, 4.69) is 0 Å². The van der Waals surface area contributed by atoms with Crippen molar-refractivity contribution in [3.8, 4) is 0 Å². The summed E-state index contributed by atoms with van der Waals surface area (Å²) in [7, 11) is 0. The largest absolute Gasteiger partial charge is 0.394 e. The molecule has 16 nitrogen and oxygen atoms in total. The quantitative estimate of drug-likeness (QED) is 0.154. The average molecular weight is 504 g/mol. The van der Waals surface area contributed by atoms with Gasteiger partial charge in [0.1, 0.15) is 73.2 Å². The molecule has 3 aliphatic rings. The van der Waals surface area contributed by atoms with E-state index in [1.165, 1.54) is 0 Å². The lowest BCUT2D eigenvalue weighted by molar-refractivity contribution is -0.379. The molecule has 3 fully saturated rings. The predicted molar refractivity (Wildman–Crippen MR) is 101 cm³/mol. The van der Waals surface area contributed by atoms with Crippen molar-refractivity contribution in [2.24, 2.45) is 0 Å². The van der Waals surface area contributed by atoms with Crippen LogP contribution in [0.5, 0.6) is 0 Å². The first-order valence-corrected chi connectivity index (χ1v) is 10.6. The maximum atomic E-state index is 10.7. The molecule has 16 heteroatoms. The molecule has 0 aromatic rings. The summed E-state index contributed by atoms with van der Waals surface area (Å²) >= 11 is 0. The monoisotopic (exact) mass is 504 g/mol. The van der Waals surface area contributed by atoms with E-state index in [9.17, 15) is 56.2 Å². The van der Waals surface area contributed by atoms with Gasteiger partial charge in [0.05, 0.1) is 19.8 Å². The Morgan fingerprint density at radius 1 is 0.441 bits per heavy atom. The molecule has 3 heterocycles. The Balaban J connectivity index is 1.78. The van der Waals surface area contributed by atoms with E-state index in [4.69, 9.17) is 23.7 Å². The van der Waals surface area contributed by atoms with Crippen LogP contribution in [0, 0.1) is 0 Å². The van der Waals surface area contributed by atoms with Crippen molar-refractivity contribution >= 4 is 0 Å². The first-order chi connectivity index (χ1) is 16.0. The van der Waals surface area contributed by atoms with Crippen LogP contribution < -0.4 is 0 Å². The maximum Gasteiger partial charge on any atom is 0.187 e. The highest BCUT2D eigenvalue weighted by atomic mass is 16.7. The second-order valence-electron chi connectivity index (χ2n) is 8.33. The average Bonchev–Trinajstić information content (AvgIpc) is 2.82. The van der Waals surface area contributed by atoms with Crippen molar-refractivity contribution in [1.82, 2.24) is 0 Å². The molecule has 0 spiro atoms. The summed E-state index contributed by atoms with van der Waals surface area (Å²) in [5, 5.41) is 110. The standard InChI is InChI=1S/C18H32O16/c19-1-4-7(22)10(25)11(26)17(31-4)34-15-9(24)6(3-21)32-18(13(15)28)33-14-8(23)5(2-20)30-16(29)12(14)27/h4-29H,1-3H2/t4-,5-,6-,7+,8-,9-,10?,11-,12-,13-,14-,15?,16?,17-,18-/m1/s1. The first-order valence-electron chi connectivity index (χ1n) is 10.6. The number of aliphatic hydroxyl groups is 11. The van der Waals surface area contributed by atoms with E-state index in [1.54, 1.807) is 0 Å². The number of rotatable bonds is 7. The maximum absolute atomic E-state index is 10.7. The third kappa shape index (κ3) is 5.37. The third-order valence-electron chi connectivity index (χ3n) is 6.09. The Morgan fingerprint density at radius 3 is 1.35 bits per heavy atom. The molecule has 3 rings (SSSR count). The Bertz CT molecular complexity index is 639. The van der Waals surface area contributed by atoms with Crippen LogP contribution in [0.2, 0.25) is 0 Å². The Morgan fingerprint density at radius 2 is 0.853 bits per heavy atom. The zero-order chi connectivity index (χ0) is 25.3. The molecule has 0 saturated carbocycles. The number of hydrogen-bond acceptors (Lipinski definition) is 16. The molecule has 0 bridgehead atoms. The van der Waals surface area contributed by atoms with E-state index in [-0.39, 0.29) is 0 Å². The van der Waals surface area contributed by atoms with Crippen molar-refractivity contribution in [2.75, 3.05) is 19.8 Å². The van der Waals surface area contributed by atoms with Gasteiger partial charge < -0.3 is 79.9 Å². The molecule has 3 unspecified atom stereocenters. The van der Waals surface area contributed by atoms with Gasteiger partial charge in [-0.2, -0.15) is 0 Å². The first kappa shape index (κ1) is 27.9. The van der Waals surface area contributed by atoms with Crippen LogP contribution in [0.3, 0.4) is 0 Å². The van der Waals surface area contributed by atoms with Gasteiger partial charge in [-0.25, -0.2) is 0 Å². The fourth-order valence-corrected chi connectivity index (χ4v) is 4.04. The molecule has 0 aromatic heterocycles. The highest BCUT2D eigenvalue weighted by Crippen LogP contribution is 2.32. The van der Waals surface area contributed by atoms with Gasteiger partial charge in [-0.1, -0.05) is 0 Å². The third-order valence-corrected chi connectivity index (χ3v) is 6.09. The zero-order valence-corrected chi connectivity index (χ0v) is 17.7. The van der Waals surface area contributed by atoms with Crippen LogP contribution in [-0.2, 0) is 23.7 Å². The van der Waals surface area contributed by atoms with E-state index in [0.29, 0.717) is 0 Å². The molecule has 0 aliphatic carbocycles. The molecular formula is C18H32O16. The molecule has 15 atom stereocenters. The molecule has 0 aromatic carbocycles. The van der Waals surface area contributed by atoms with Crippen molar-refractivity contribution in [1.29, 1.82) is 0 Å². The van der Waals surface area contributed by atoms with Crippen LogP contribution in [0.15, 0.2) is 0 Å². The molecule has 0 amide bonds. The number of aliphatic hydroxyl groups excluding tert-OH is 11. The molecule has 34 heavy (non-hydrogen) atoms. The van der Waals surface area contributed by atoms with Gasteiger partial charge in [-0.15, -0.1) is 0 Å². The molecule has 200 valence electrons. The van der Waals surface area contributed by atoms with Gasteiger partial charge in [0, 0.05) is 0 Å². The minimum absolute atomic E-state index is 0.750. The summed E-state index contributed by atoms with van der Waals surface area (Å²) in [6.07, 6.45) is -25.5. The SMILES string of the molecule is OC[C@H]1OC(O)[C@H](O)[C@H](O[C@H]2O[C@H](CO)[C@@H](O)C(O[C@H]3O[C@H](CO)[C@H](O)C(O)[C@H]3O)[C@H]2O)[C@@H]1O. The van der Waals surface area contributed by atoms with Crippen LogP contribution in [0.1, 0.15) is 0 Å². The lowest BCUT2D eigenvalue weighted by Crippen LogP contribution is -2.66. The summed E-state index contributed by atoms with van der Waals surface area (Å²) in [6, 6.07) is 0. The van der Waals surface area contributed by atoms with Crippen LogP contribution in [0.25, 0.3) is 0 Å². The Hall–Kier alpha value is -0.640. The molecule has 0 radical (unpaired) electrons. The van der Waals surface area contributed by atoms with Gasteiger partial charge >= 0.3 is 0 Å². The van der Waals surface area contributed by atoms with Crippen LogP contribution in [-0.4, -0.2) is 168 Å². The summed E-state index contributed by atoms with van der Waals surface area (Å²) in [6.45, 7) is -2.33. The van der Waals surface area contributed by atoms with Crippen molar-refractivity contribution in [3.63, 3.8) is 0 Å². The minimum Gasteiger partial charge on any atom is -0.394 e. The van der Waals surface area contributed by atoms with Crippen molar-refractivity contribution in [2.45, 2.75) is 92.1 Å². The van der Waals surface area contributed by atoms with E-state index in [0.717, 1.165) is 0 Å². The molecular weight excluding hydrogens is 472 g/mol. The van der Waals surface area contributed by atoms with Gasteiger partial charge in [0.25, 0.3) is 0 Å². The van der Waals surface area contributed by atoms with Gasteiger partial charge in [-0.3, -0.25) is 0 Å². The van der Waals surface area contributed by atoms with Crippen molar-refractivity contribution < 1.29 is 79.9 Å². The smallest absolute Gasteiger partial charge is 0.187 e. The van der Waals surface area contributed by atoms with Gasteiger partial charge in [0.15, 0.2) is 18.9 Å². The Labute approximate surface area is 192 Å². The second kappa shape index (κ2) is 11.6. The second-order valence-corrected chi connectivity index (χ2v) is 8.33. The molecule has 11 N–H and O–H groups in total. The summed E-state index contributed by atoms with van der Waals surface area (Å²) < 4.78 is 26.2. The normalized spacial score (nSPS) is 52.5. The lowest BCUT2D eigenvalue weighted by atomic mass is 9.96. The van der Waals surface area contributed by atoms with Crippen molar-refractivity contribution in [3.05, 3.63) is 0 Å². The van der Waals surface area contributed by atoms with E-state index in [1.807, 2.05) is 0 Å². The highest BCUT2D eigenvalue weighted by molar-refractivity contribution is 4.96. The Kier molecular flexibility index (Phi) is 9.54. The number of hydrogen-bond donors (Lipinski definition) is 11.